The van der Waals surface area contributed by atoms with Gasteiger partial charge in [0.05, 0.1) is 27.5 Å². The summed E-state index contributed by atoms with van der Waals surface area (Å²) in [6.07, 6.45) is 2.07. The fourth-order valence-corrected chi connectivity index (χ4v) is 3.37. The van der Waals surface area contributed by atoms with E-state index in [1.54, 1.807) is 0 Å². The molecule has 1 heterocycles. The Bertz CT molecular complexity index is 739. The molecular weight excluding hydrogens is 323 g/mol. The van der Waals surface area contributed by atoms with Gasteiger partial charge in [-0.05, 0) is 51.2 Å². The molecule has 1 aromatic heterocycles. The topological polar surface area (TPSA) is 42.0 Å². The molecule has 0 saturated heterocycles. The molecular formula is C19H23FN2OS. The lowest BCUT2D eigenvalue weighted by molar-refractivity contribution is 0.551. The quantitative estimate of drug-likeness (QED) is 0.823. The molecule has 24 heavy (non-hydrogen) atoms. The largest absolute Gasteiger partial charge is 0.242 e. The summed E-state index contributed by atoms with van der Waals surface area (Å²) in [5.74, 6) is -0.0855. The minimum absolute atomic E-state index is 0.318. The maximum absolute atomic E-state index is 14.4. The van der Waals surface area contributed by atoms with Crippen molar-refractivity contribution in [2.24, 2.45) is 0 Å². The van der Waals surface area contributed by atoms with Crippen molar-refractivity contribution in [2.75, 3.05) is 0 Å². The van der Waals surface area contributed by atoms with Crippen molar-refractivity contribution in [3.8, 4) is 0 Å². The predicted molar refractivity (Wildman–Crippen MR) is 95.5 cm³/mol. The van der Waals surface area contributed by atoms with E-state index in [2.05, 4.69) is 9.71 Å². The van der Waals surface area contributed by atoms with E-state index in [0.29, 0.717) is 17.2 Å². The SMILES string of the molecule is CC(C)(C)[S@](=O)N[C@@H](c1ccccc1)c1ccc(C2CC2)c(F)n1. The number of halogens is 1. The molecule has 0 radical (unpaired) electrons. The Labute approximate surface area is 145 Å². The molecule has 128 valence electrons. The number of hydrogen-bond donors (Lipinski definition) is 1. The van der Waals surface area contributed by atoms with Gasteiger partial charge < -0.3 is 0 Å². The van der Waals surface area contributed by atoms with Crippen molar-refractivity contribution in [2.45, 2.75) is 50.3 Å². The monoisotopic (exact) mass is 346 g/mol. The molecule has 0 unspecified atom stereocenters. The second-order valence-corrected chi connectivity index (χ2v) is 9.23. The molecule has 5 heteroatoms. The van der Waals surface area contributed by atoms with E-state index >= 15 is 0 Å². The fraction of sp³-hybridized carbons (Fsp3) is 0.421. The minimum atomic E-state index is -1.29. The summed E-state index contributed by atoms with van der Waals surface area (Å²) in [6, 6.07) is 12.9. The molecule has 1 aliphatic rings. The Morgan fingerprint density at radius 2 is 1.83 bits per heavy atom. The molecule has 1 aromatic carbocycles. The summed E-state index contributed by atoms with van der Waals surface area (Å²) in [4.78, 5) is 4.18. The Morgan fingerprint density at radius 1 is 1.17 bits per heavy atom. The molecule has 2 atom stereocenters. The molecule has 0 amide bonds. The van der Waals surface area contributed by atoms with Gasteiger partial charge >= 0.3 is 0 Å². The average Bonchev–Trinajstić information content (AvgIpc) is 3.37. The third-order valence-corrected chi connectivity index (χ3v) is 5.69. The normalized spacial score (nSPS) is 17.5. The Hall–Kier alpha value is -1.59. The third kappa shape index (κ3) is 3.90. The van der Waals surface area contributed by atoms with E-state index in [1.807, 2.05) is 63.2 Å². The van der Waals surface area contributed by atoms with Gasteiger partial charge in [-0.3, -0.25) is 0 Å². The van der Waals surface area contributed by atoms with Crippen LogP contribution in [0.15, 0.2) is 42.5 Å². The maximum Gasteiger partial charge on any atom is 0.216 e. The highest BCUT2D eigenvalue weighted by Crippen LogP contribution is 2.41. The molecule has 1 fully saturated rings. The smallest absolute Gasteiger partial charge is 0.216 e. The Morgan fingerprint density at radius 3 is 2.38 bits per heavy atom. The first kappa shape index (κ1) is 17.2. The highest BCUT2D eigenvalue weighted by Gasteiger charge is 2.29. The number of nitrogens with zero attached hydrogens (tertiary/aromatic N) is 1. The third-order valence-electron chi connectivity index (χ3n) is 4.13. The molecule has 1 saturated carbocycles. The standard InChI is InChI=1S/C19H23FN2OS/c1-19(2,3)24(23)22-17(14-7-5-4-6-8-14)16-12-11-15(13-9-10-13)18(20)21-16/h4-8,11-13,17,22H,9-10H2,1-3H3/t17-,24-/m0/s1. The van der Waals surface area contributed by atoms with Gasteiger partial charge in [-0.2, -0.15) is 4.39 Å². The lowest BCUT2D eigenvalue weighted by Gasteiger charge is -2.24. The van der Waals surface area contributed by atoms with Crippen molar-refractivity contribution < 1.29 is 8.60 Å². The summed E-state index contributed by atoms with van der Waals surface area (Å²) in [7, 11) is -1.29. The number of pyridine rings is 1. The van der Waals surface area contributed by atoms with Crippen LogP contribution in [0.2, 0.25) is 0 Å². The van der Waals surface area contributed by atoms with Gasteiger partial charge in [0, 0.05) is 5.56 Å². The summed E-state index contributed by atoms with van der Waals surface area (Å²) in [5.41, 5.74) is 2.17. The number of benzene rings is 1. The summed E-state index contributed by atoms with van der Waals surface area (Å²) >= 11 is 0. The van der Waals surface area contributed by atoms with Gasteiger partial charge in [-0.1, -0.05) is 36.4 Å². The zero-order chi connectivity index (χ0) is 17.3. The van der Waals surface area contributed by atoms with E-state index < -0.39 is 27.7 Å². The summed E-state index contributed by atoms with van der Waals surface area (Å²) < 4.78 is 29.7. The van der Waals surface area contributed by atoms with Crippen LogP contribution >= 0.6 is 0 Å². The molecule has 0 bridgehead atoms. The molecule has 0 spiro atoms. The Kier molecular flexibility index (Phi) is 4.83. The fourth-order valence-electron chi connectivity index (χ4n) is 2.55. The average molecular weight is 346 g/mol. The van der Waals surface area contributed by atoms with E-state index in [1.165, 1.54) is 0 Å². The van der Waals surface area contributed by atoms with Crippen LogP contribution in [0.25, 0.3) is 0 Å². The second-order valence-electron chi connectivity index (χ2n) is 7.23. The lowest BCUT2D eigenvalue weighted by atomic mass is 10.0. The lowest BCUT2D eigenvalue weighted by Crippen LogP contribution is -2.36. The highest BCUT2D eigenvalue weighted by molar-refractivity contribution is 7.84. The zero-order valence-corrected chi connectivity index (χ0v) is 15.1. The van der Waals surface area contributed by atoms with Crippen LogP contribution in [0, 0.1) is 5.95 Å². The summed E-state index contributed by atoms with van der Waals surface area (Å²) in [6.45, 7) is 5.72. The molecule has 3 rings (SSSR count). The minimum Gasteiger partial charge on any atom is -0.242 e. The molecule has 1 aliphatic carbocycles. The van der Waals surface area contributed by atoms with Crippen LogP contribution in [0.4, 0.5) is 4.39 Å². The van der Waals surface area contributed by atoms with E-state index in [-0.39, 0.29) is 0 Å². The van der Waals surface area contributed by atoms with Crippen LogP contribution < -0.4 is 4.72 Å². The van der Waals surface area contributed by atoms with Crippen molar-refractivity contribution >= 4 is 11.0 Å². The van der Waals surface area contributed by atoms with Gasteiger partial charge in [-0.25, -0.2) is 13.9 Å². The number of aromatic nitrogens is 1. The van der Waals surface area contributed by atoms with E-state index in [9.17, 15) is 8.60 Å². The van der Waals surface area contributed by atoms with Crippen molar-refractivity contribution in [3.63, 3.8) is 0 Å². The predicted octanol–water partition coefficient (Wildman–Crippen LogP) is 4.24. The molecule has 2 aromatic rings. The van der Waals surface area contributed by atoms with E-state index in [0.717, 1.165) is 18.4 Å². The first-order valence-corrected chi connectivity index (χ1v) is 9.40. The van der Waals surface area contributed by atoms with Crippen LogP contribution in [-0.4, -0.2) is 13.9 Å². The van der Waals surface area contributed by atoms with Gasteiger partial charge in [-0.15, -0.1) is 0 Å². The van der Waals surface area contributed by atoms with Crippen LogP contribution in [0.1, 0.15) is 62.4 Å². The van der Waals surface area contributed by atoms with Crippen LogP contribution in [-0.2, 0) is 11.0 Å². The molecule has 0 aliphatic heterocycles. The van der Waals surface area contributed by atoms with Crippen molar-refractivity contribution in [3.05, 3.63) is 65.2 Å². The van der Waals surface area contributed by atoms with Crippen LogP contribution in [0.3, 0.4) is 0 Å². The van der Waals surface area contributed by atoms with Gasteiger partial charge in [0.2, 0.25) is 5.95 Å². The second kappa shape index (κ2) is 6.73. The number of rotatable bonds is 5. The number of nitrogens with one attached hydrogen (secondary N) is 1. The zero-order valence-electron chi connectivity index (χ0n) is 14.3. The van der Waals surface area contributed by atoms with Crippen molar-refractivity contribution in [1.82, 2.24) is 9.71 Å². The van der Waals surface area contributed by atoms with Gasteiger partial charge in [0.15, 0.2) is 0 Å². The number of hydrogen-bond acceptors (Lipinski definition) is 2. The van der Waals surface area contributed by atoms with E-state index in [4.69, 9.17) is 0 Å². The first-order chi connectivity index (χ1) is 11.4. The van der Waals surface area contributed by atoms with Gasteiger partial charge in [0.1, 0.15) is 0 Å². The Balaban J connectivity index is 1.95. The molecule has 1 N–H and O–H groups in total. The summed E-state index contributed by atoms with van der Waals surface area (Å²) in [5, 5.41) is 0. The highest BCUT2D eigenvalue weighted by atomic mass is 32.2. The van der Waals surface area contributed by atoms with Crippen LogP contribution in [0.5, 0.6) is 0 Å². The van der Waals surface area contributed by atoms with Crippen molar-refractivity contribution in [1.29, 1.82) is 0 Å². The molecule has 3 nitrogen and oxygen atoms in total. The maximum atomic E-state index is 14.4. The van der Waals surface area contributed by atoms with Gasteiger partial charge in [0.25, 0.3) is 0 Å². The first-order valence-electron chi connectivity index (χ1n) is 8.25.